The van der Waals surface area contributed by atoms with Gasteiger partial charge in [-0.15, -0.1) is 0 Å². The molecule has 0 aliphatic heterocycles. The topological polar surface area (TPSA) is 40.5 Å². The SMILES string of the molecule is C[C@@H](O)[C@H](O)c1ccccc1Cl. The van der Waals surface area contributed by atoms with Crippen LogP contribution in [0.5, 0.6) is 0 Å². The number of aliphatic hydroxyl groups excluding tert-OH is 2. The van der Waals surface area contributed by atoms with E-state index in [4.69, 9.17) is 16.7 Å². The van der Waals surface area contributed by atoms with E-state index in [0.29, 0.717) is 10.6 Å². The Hall–Kier alpha value is -0.570. The van der Waals surface area contributed by atoms with Gasteiger partial charge in [0.15, 0.2) is 0 Å². The van der Waals surface area contributed by atoms with Crippen LogP contribution in [0.1, 0.15) is 18.6 Å². The summed E-state index contributed by atoms with van der Waals surface area (Å²) in [5.41, 5.74) is 0.564. The van der Waals surface area contributed by atoms with Gasteiger partial charge in [0.05, 0.1) is 6.10 Å². The molecular formula is C9H11ClO2. The highest BCUT2D eigenvalue weighted by Gasteiger charge is 2.15. The summed E-state index contributed by atoms with van der Waals surface area (Å²) in [6, 6.07) is 6.93. The molecule has 0 unspecified atom stereocenters. The predicted molar refractivity (Wildman–Crippen MR) is 48.1 cm³/mol. The molecule has 1 aromatic rings. The molecule has 2 atom stereocenters. The van der Waals surface area contributed by atoms with Gasteiger partial charge in [0.25, 0.3) is 0 Å². The third-order valence-corrected chi connectivity index (χ3v) is 2.03. The van der Waals surface area contributed by atoms with E-state index in [-0.39, 0.29) is 0 Å². The second-order valence-electron chi connectivity index (χ2n) is 2.71. The van der Waals surface area contributed by atoms with Crippen molar-refractivity contribution in [2.45, 2.75) is 19.1 Å². The molecule has 66 valence electrons. The van der Waals surface area contributed by atoms with Crippen LogP contribution in [0, 0.1) is 0 Å². The monoisotopic (exact) mass is 186 g/mol. The van der Waals surface area contributed by atoms with Gasteiger partial charge in [0, 0.05) is 10.6 Å². The summed E-state index contributed by atoms with van der Waals surface area (Å²) < 4.78 is 0. The minimum atomic E-state index is -0.904. The average molecular weight is 187 g/mol. The van der Waals surface area contributed by atoms with Crippen LogP contribution in [0.4, 0.5) is 0 Å². The highest BCUT2D eigenvalue weighted by Crippen LogP contribution is 2.24. The van der Waals surface area contributed by atoms with E-state index in [1.165, 1.54) is 6.92 Å². The van der Waals surface area contributed by atoms with E-state index in [0.717, 1.165) is 0 Å². The predicted octanol–water partition coefficient (Wildman–Crippen LogP) is 1.75. The molecule has 0 aliphatic carbocycles. The van der Waals surface area contributed by atoms with Gasteiger partial charge in [-0.25, -0.2) is 0 Å². The van der Waals surface area contributed by atoms with E-state index in [1.807, 2.05) is 0 Å². The summed E-state index contributed by atoms with van der Waals surface area (Å²) in [4.78, 5) is 0. The first kappa shape index (κ1) is 9.52. The Balaban J connectivity index is 2.94. The molecule has 1 rings (SSSR count). The molecule has 0 aliphatic rings. The lowest BCUT2D eigenvalue weighted by Gasteiger charge is -2.14. The van der Waals surface area contributed by atoms with Gasteiger partial charge in [0.1, 0.15) is 6.10 Å². The number of halogens is 1. The van der Waals surface area contributed by atoms with Crippen molar-refractivity contribution in [1.82, 2.24) is 0 Å². The van der Waals surface area contributed by atoms with Crippen LogP contribution in [0.15, 0.2) is 24.3 Å². The maximum atomic E-state index is 9.44. The fourth-order valence-corrected chi connectivity index (χ4v) is 1.22. The quantitative estimate of drug-likeness (QED) is 0.739. The fourth-order valence-electron chi connectivity index (χ4n) is 0.975. The Bertz CT molecular complexity index is 260. The number of benzene rings is 1. The van der Waals surface area contributed by atoms with Crippen molar-refractivity contribution in [1.29, 1.82) is 0 Å². The van der Waals surface area contributed by atoms with Gasteiger partial charge >= 0.3 is 0 Å². The summed E-state index contributed by atoms with van der Waals surface area (Å²) in [5.74, 6) is 0. The number of rotatable bonds is 2. The van der Waals surface area contributed by atoms with Crippen molar-refractivity contribution in [3.8, 4) is 0 Å². The molecular weight excluding hydrogens is 176 g/mol. The third-order valence-electron chi connectivity index (χ3n) is 1.68. The zero-order valence-electron chi connectivity index (χ0n) is 6.74. The second-order valence-corrected chi connectivity index (χ2v) is 3.11. The van der Waals surface area contributed by atoms with E-state index in [9.17, 15) is 5.11 Å². The lowest BCUT2D eigenvalue weighted by atomic mass is 10.1. The molecule has 0 heterocycles. The number of hydrogen-bond donors (Lipinski definition) is 2. The molecule has 0 fully saturated rings. The van der Waals surface area contributed by atoms with Gasteiger partial charge in [-0.3, -0.25) is 0 Å². The first-order valence-electron chi connectivity index (χ1n) is 3.73. The van der Waals surface area contributed by atoms with Gasteiger partial charge in [0.2, 0.25) is 0 Å². The molecule has 0 amide bonds. The zero-order chi connectivity index (χ0) is 9.14. The van der Waals surface area contributed by atoms with Gasteiger partial charge in [-0.1, -0.05) is 29.8 Å². The summed E-state index contributed by atoms with van der Waals surface area (Å²) in [6.45, 7) is 1.52. The van der Waals surface area contributed by atoms with Crippen LogP contribution >= 0.6 is 11.6 Å². The molecule has 12 heavy (non-hydrogen) atoms. The van der Waals surface area contributed by atoms with Crippen LogP contribution in [0.2, 0.25) is 5.02 Å². The Morgan fingerprint density at radius 3 is 2.33 bits per heavy atom. The Morgan fingerprint density at radius 2 is 1.83 bits per heavy atom. The van der Waals surface area contributed by atoms with Gasteiger partial charge in [-0.2, -0.15) is 0 Å². The Morgan fingerprint density at radius 1 is 1.25 bits per heavy atom. The minimum Gasteiger partial charge on any atom is -0.390 e. The van der Waals surface area contributed by atoms with Crippen LogP contribution in [0.3, 0.4) is 0 Å². The molecule has 1 aromatic carbocycles. The Kier molecular flexibility index (Phi) is 3.09. The minimum absolute atomic E-state index is 0.478. The normalized spacial score (nSPS) is 15.7. The van der Waals surface area contributed by atoms with Crippen molar-refractivity contribution >= 4 is 11.6 Å². The molecule has 0 aromatic heterocycles. The Labute approximate surface area is 76.4 Å². The lowest BCUT2D eigenvalue weighted by molar-refractivity contribution is 0.0306. The zero-order valence-corrected chi connectivity index (χ0v) is 7.49. The molecule has 3 heteroatoms. The van der Waals surface area contributed by atoms with E-state index >= 15 is 0 Å². The third kappa shape index (κ3) is 1.97. The highest BCUT2D eigenvalue weighted by molar-refractivity contribution is 6.31. The molecule has 0 bridgehead atoms. The van der Waals surface area contributed by atoms with Crippen LogP contribution in [-0.2, 0) is 0 Å². The maximum absolute atomic E-state index is 9.44. The number of aliphatic hydroxyl groups is 2. The molecule has 2 nitrogen and oxygen atoms in total. The fraction of sp³-hybridized carbons (Fsp3) is 0.333. The summed E-state index contributed by atoms with van der Waals surface area (Å²) in [5, 5.41) is 19.0. The molecule has 0 saturated carbocycles. The van der Waals surface area contributed by atoms with Gasteiger partial charge in [-0.05, 0) is 13.0 Å². The van der Waals surface area contributed by atoms with Crippen molar-refractivity contribution in [2.75, 3.05) is 0 Å². The van der Waals surface area contributed by atoms with E-state index in [2.05, 4.69) is 0 Å². The summed E-state index contributed by atoms with van der Waals surface area (Å²) >= 11 is 5.79. The summed E-state index contributed by atoms with van der Waals surface area (Å²) in [7, 11) is 0. The highest BCUT2D eigenvalue weighted by atomic mass is 35.5. The van der Waals surface area contributed by atoms with Crippen LogP contribution in [-0.4, -0.2) is 16.3 Å². The van der Waals surface area contributed by atoms with Crippen LogP contribution in [0.25, 0.3) is 0 Å². The molecule has 0 radical (unpaired) electrons. The largest absolute Gasteiger partial charge is 0.390 e. The maximum Gasteiger partial charge on any atom is 0.106 e. The first-order valence-corrected chi connectivity index (χ1v) is 4.11. The van der Waals surface area contributed by atoms with Crippen LogP contribution < -0.4 is 0 Å². The van der Waals surface area contributed by atoms with Gasteiger partial charge < -0.3 is 10.2 Å². The standard InChI is InChI=1S/C9H11ClO2/c1-6(11)9(12)7-4-2-3-5-8(7)10/h2-6,9,11-12H,1H3/t6-,9+/m1/s1. The van der Waals surface area contributed by atoms with Crippen molar-refractivity contribution in [3.63, 3.8) is 0 Å². The molecule has 0 spiro atoms. The average Bonchev–Trinajstić information content (AvgIpc) is 2.04. The van der Waals surface area contributed by atoms with E-state index < -0.39 is 12.2 Å². The molecule has 0 saturated heterocycles. The van der Waals surface area contributed by atoms with Crippen molar-refractivity contribution in [2.24, 2.45) is 0 Å². The first-order chi connectivity index (χ1) is 5.63. The van der Waals surface area contributed by atoms with Crippen molar-refractivity contribution in [3.05, 3.63) is 34.9 Å². The second kappa shape index (κ2) is 3.90. The summed E-state index contributed by atoms with van der Waals surface area (Å²) in [6.07, 6.45) is -1.71. The smallest absolute Gasteiger partial charge is 0.106 e. The number of hydrogen-bond acceptors (Lipinski definition) is 2. The molecule has 2 N–H and O–H groups in total. The van der Waals surface area contributed by atoms with Crippen molar-refractivity contribution < 1.29 is 10.2 Å². The lowest BCUT2D eigenvalue weighted by Crippen LogP contribution is -2.13. The van der Waals surface area contributed by atoms with E-state index in [1.54, 1.807) is 24.3 Å².